The second kappa shape index (κ2) is 9.84. The van der Waals surface area contributed by atoms with Gasteiger partial charge in [0.2, 0.25) is 5.91 Å². The van der Waals surface area contributed by atoms with Crippen LogP contribution in [-0.2, 0) is 17.6 Å². The normalized spacial score (nSPS) is 12.1. The lowest BCUT2D eigenvalue weighted by Crippen LogP contribution is -2.27. The number of aryl methyl sites for hydroxylation is 1. The monoisotopic (exact) mass is 430 g/mol. The molecule has 0 aliphatic rings. The Balaban J connectivity index is 1.59. The van der Waals surface area contributed by atoms with E-state index in [4.69, 9.17) is 11.6 Å². The quantitative estimate of drug-likeness (QED) is 0.340. The number of carbonyl (C=O) groups is 1. The number of carbonyl (C=O) groups excluding carboxylic acids is 1. The minimum absolute atomic E-state index is 0.0295. The van der Waals surface area contributed by atoms with Crippen LogP contribution in [0.1, 0.15) is 41.5 Å². The number of rotatable bonds is 8. The zero-order valence-corrected chi connectivity index (χ0v) is 18.5. The molecule has 158 valence electrons. The topological polar surface area (TPSA) is 44.9 Å². The first-order valence-corrected chi connectivity index (χ1v) is 11.2. The van der Waals surface area contributed by atoms with E-state index in [9.17, 15) is 4.79 Å². The Kier molecular flexibility index (Phi) is 6.73. The Labute approximate surface area is 188 Å². The molecule has 0 unspecified atom stereocenters. The van der Waals surface area contributed by atoms with Crippen LogP contribution < -0.4 is 5.32 Å². The van der Waals surface area contributed by atoms with Gasteiger partial charge in [-0.3, -0.25) is 4.79 Å². The van der Waals surface area contributed by atoms with Gasteiger partial charge >= 0.3 is 0 Å². The van der Waals surface area contributed by atoms with Crippen LogP contribution in [0.4, 0.5) is 0 Å². The van der Waals surface area contributed by atoms with E-state index in [1.807, 2.05) is 48.7 Å². The number of nitrogens with one attached hydrogen (secondary N) is 2. The van der Waals surface area contributed by atoms with Crippen LogP contribution in [0.25, 0.3) is 10.9 Å². The van der Waals surface area contributed by atoms with Gasteiger partial charge < -0.3 is 10.3 Å². The average Bonchev–Trinajstić information content (AvgIpc) is 3.23. The third-order valence-electron chi connectivity index (χ3n) is 5.84. The van der Waals surface area contributed by atoms with Gasteiger partial charge in [-0.25, -0.2) is 0 Å². The molecule has 31 heavy (non-hydrogen) atoms. The summed E-state index contributed by atoms with van der Waals surface area (Å²) < 4.78 is 0. The highest BCUT2D eigenvalue weighted by Gasteiger charge is 2.23. The van der Waals surface area contributed by atoms with Gasteiger partial charge in [0.25, 0.3) is 0 Å². The fourth-order valence-corrected chi connectivity index (χ4v) is 4.48. The molecule has 1 amide bonds. The fourth-order valence-electron chi connectivity index (χ4n) is 4.22. The van der Waals surface area contributed by atoms with Crippen LogP contribution in [0.2, 0.25) is 5.02 Å². The van der Waals surface area contributed by atoms with Crippen molar-refractivity contribution in [3.05, 3.63) is 106 Å². The second-order valence-corrected chi connectivity index (χ2v) is 8.21. The van der Waals surface area contributed by atoms with Crippen molar-refractivity contribution in [2.24, 2.45) is 0 Å². The zero-order chi connectivity index (χ0) is 21.6. The molecule has 0 spiro atoms. The van der Waals surface area contributed by atoms with Crippen molar-refractivity contribution in [2.45, 2.75) is 32.1 Å². The van der Waals surface area contributed by atoms with Gasteiger partial charge in [0.1, 0.15) is 0 Å². The summed E-state index contributed by atoms with van der Waals surface area (Å²) in [5.74, 6) is -0.0897. The van der Waals surface area contributed by atoms with E-state index in [1.165, 1.54) is 11.1 Å². The summed E-state index contributed by atoms with van der Waals surface area (Å²) >= 11 is 6.57. The second-order valence-electron chi connectivity index (χ2n) is 7.80. The molecular weight excluding hydrogens is 404 g/mol. The van der Waals surface area contributed by atoms with Crippen molar-refractivity contribution in [2.75, 3.05) is 6.54 Å². The molecule has 2 N–H and O–H groups in total. The molecule has 4 rings (SSSR count). The SMILES string of the molecule is CCc1cccc2c([C@H](CC(=O)NCCc3ccccc3)c3ccccc3Cl)c[nH]c12. The highest BCUT2D eigenvalue weighted by molar-refractivity contribution is 6.31. The molecule has 0 radical (unpaired) electrons. The first kappa shape index (κ1) is 21.2. The lowest BCUT2D eigenvalue weighted by atomic mass is 9.87. The number of hydrogen-bond donors (Lipinski definition) is 2. The van der Waals surface area contributed by atoms with Gasteiger partial charge in [-0.2, -0.15) is 0 Å². The number of hydrogen-bond acceptors (Lipinski definition) is 1. The van der Waals surface area contributed by atoms with Crippen molar-refractivity contribution in [1.29, 1.82) is 0 Å². The van der Waals surface area contributed by atoms with Crippen molar-refractivity contribution in [3.63, 3.8) is 0 Å². The van der Waals surface area contributed by atoms with Crippen molar-refractivity contribution in [3.8, 4) is 0 Å². The molecule has 0 aliphatic heterocycles. The van der Waals surface area contributed by atoms with Crippen LogP contribution in [0.5, 0.6) is 0 Å². The molecule has 4 heteroatoms. The Morgan fingerprint density at radius 3 is 2.52 bits per heavy atom. The summed E-state index contributed by atoms with van der Waals surface area (Å²) in [6.45, 7) is 2.77. The minimum atomic E-state index is -0.119. The Morgan fingerprint density at radius 1 is 0.968 bits per heavy atom. The van der Waals surface area contributed by atoms with Crippen LogP contribution >= 0.6 is 11.6 Å². The third kappa shape index (κ3) is 4.83. The number of aromatic nitrogens is 1. The zero-order valence-electron chi connectivity index (χ0n) is 17.7. The van der Waals surface area contributed by atoms with Gasteiger partial charge in [0.15, 0.2) is 0 Å². The van der Waals surface area contributed by atoms with Gasteiger partial charge in [0.05, 0.1) is 0 Å². The number of benzene rings is 3. The molecule has 1 heterocycles. The predicted octanol–water partition coefficient (Wildman–Crippen LogP) is 6.26. The van der Waals surface area contributed by atoms with E-state index >= 15 is 0 Å². The summed E-state index contributed by atoms with van der Waals surface area (Å²) in [5.41, 5.74) is 5.71. The van der Waals surface area contributed by atoms with E-state index in [-0.39, 0.29) is 11.8 Å². The first-order chi connectivity index (χ1) is 15.2. The summed E-state index contributed by atoms with van der Waals surface area (Å²) in [6.07, 6.45) is 4.15. The molecule has 0 aliphatic carbocycles. The molecule has 3 nitrogen and oxygen atoms in total. The van der Waals surface area contributed by atoms with Crippen molar-refractivity contribution < 1.29 is 4.79 Å². The number of H-pyrrole nitrogens is 1. The molecule has 1 atom stereocenters. The molecule has 0 saturated carbocycles. The summed E-state index contributed by atoms with van der Waals surface area (Å²) in [5, 5.41) is 4.93. The van der Waals surface area contributed by atoms with Crippen molar-refractivity contribution in [1.82, 2.24) is 10.3 Å². The highest BCUT2D eigenvalue weighted by Crippen LogP contribution is 2.37. The first-order valence-electron chi connectivity index (χ1n) is 10.8. The Bertz CT molecular complexity index is 1170. The maximum Gasteiger partial charge on any atom is 0.220 e. The summed E-state index contributed by atoms with van der Waals surface area (Å²) in [6, 6.07) is 24.4. The number of fused-ring (bicyclic) bond motifs is 1. The molecule has 0 fully saturated rings. The average molecular weight is 431 g/mol. The molecule has 1 aromatic heterocycles. The standard InChI is InChI=1S/C27H27ClN2O/c1-2-20-11-8-13-22-24(18-30-27(20)22)23(21-12-6-7-14-25(21)28)17-26(31)29-16-15-19-9-4-3-5-10-19/h3-14,18,23,30H,2,15-17H2,1H3,(H,29,31)/t23-/m1/s1. The fraction of sp³-hybridized carbons (Fsp3) is 0.222. The van der Waals surface area contributed by atoms with Crippen LogP contribution in [0, 0.1) is 0 Å². The number of aromatic amines is 1. The van der Waals surface area contributed by atoms with Crippen molar-refractivity contribution >= 4 is 28.4 Å². The smallest absolute Gasteiger partial charge is 0.220 e. The van der Waals surface area contributed by atoms with E-state index in [0.717, 1.165) is 34.9 Å². The maximum absolute atomic E-state index is 12.9. The lowest BCUT2D eigenvalue weighted by molar-refractivity contribution is -0.121. The Morgan fingerprint density at radius 2 is 1.74 bits per heavy atom. The van der Waals surface area contributed by atoms with Gasteiger partial charge in [0, 0.05) is 41.0 Å². The summed E-state index contributed by atoms with van der Waals surface area (Å²) in [7, 11) is 0. The third-order valence-corrected chi connectivity index (χ3v) is 6.18. The minimum Gasteiger partial charge on any atom is -0.361 e. The molecule has 3 aromatic carbocycles. The number of halogens is 1. The van der Waals surface area contributed by atoms with Crippen LogP contribution in [0.15, 0.2) is 79.0 Å². The largest absolute Gasteiger partial charge is 0.361 e. The van der Waals surface area contributed by atoms with Gasteiger partial charge in [-0.15, -0.1) is 0 Å². The van der Waals surface area contributed by atoms with Crippen LogP contribution in [-0.4, -0.2) is 17.4 Å². The van der Waals surface area contributed by atoms with Gasteiger partial charge in [-0.05, 0) is 41.2 Å². The number of amides is 1. The van der Waals surface area contributed by atoms with E-state index in [1.54, 1.807) is 0 Å². The highest BCUT2D eigenvalue weighted by atomic mass is 35.5. The summed E-state index contributed by atoms with van der Waals surface area (Å²) in [4.78, 5) is 16.4. The van der Waals surface area contributed by atoms with E-state index in [0.29, 0.717) is 18.0 Å². The number of para-hydroxylation sites is 1. The van der Waals surface area contributed by atoms with Crippen LogP contribution in [0.3, 0.4) is 0 Å². The Hall–Kier alpha value is -3.04. The molecular formula is C27H27ClN2O. The lowest BCUT2D eigenvalue weighted by Gasteiger charge is -2.19. The molecule has 0 saturated heterocycles. The maximum atomic E-state index is 12.9. The van der Waals surface area contributed by atoms with E-state index in [2.05, 4.69) is 47.6 Å². The van der Waals surface area contributed by atoms with E-state index < -0.39 is 0 Å². The predicted molar refractivity (Wildman–Crippen MR) is 129 cm³/mol. The van der Waals surface area contributed by atoms with Gasteiger partial charge in [-0.1, -0.05) is 85.3 Å². The molecule has 4 aromatic rings. The molecule has 0 bridgehead atoms.